The van der Waals surface area contributed by atoms with Gasteiger partial charge in [-0.3, -0.25) is 9.88 Å². The Morgan fingerprint density at radius 2 is 1.96 bits per heavy atom. The molecule has 1 aromatic heterocycles. The first kappa shape index (κ1) is 18.0. The van der Waals surface area contributed by atoms with Gasteiger partial charge in [0, 0.05) is 19.3 Å². The van der Waals surface area contributed by atoms with E-state index in [2.05, 4.69) is 14.6 Å². The van der Waals surface area contributed by atoms with E-state index in [4.69, 9.17) is 0 Å². The van der Waals surface area contributed by atoms with Gasteiger partial charge in [-0.25, -0.2) is 17.5 Å². The van der Waals surface area contributed by atoms with Gasteiger partial charge in [-0.05, 0) is 62.2 Å². The molecule has 3 rings (SSSR count). The largest absolute Gasteiger partial charge is 0.297 e. The summed E-state index contributed by atoms with van der Waals surface area (Å²) in [5.41, 5.74) is 1.05. The molecule has 1 fully saturated rings. The van der Waals surface area contributed by atoms with Crippen LogP contribution < -0.4 is 4.72 Å². The van der Waals surface area contributed by atoms with Crippen molar-refractivity contribution in [2.75, 3.05) is 19.6 Å². The van der Waals surface area contributed by atoms with Crippen molar-refractivity contribution < 1.29 is 12.8 Å². The molecular formula is C18H22FN3O2S. The first-order chi connectivity index (χ1) is 12.0. The molecule has 1 saturated heterocycles. The maximum atomic E-state index is 13.2. The number of nitrogens with one attached hydrogen (secondary N) is 1. The van der Waals surface area contributed by atoms with Gasteiger partial charge in [0.05, 0.1) is 10.6 Å². The molecule has 0 spiro atoms. The third-order valence-electron chi connectivity index (χ3n) is 4.49. The van der Waals surface area contributed by atoms with Crippen LogP contribution in [0.25, 0.3) is 0 Å². The van der Waals surface area contributed by atoms with Crippen molar-refractivity contribution in [3.05, 3.63) is 60.2 Å². The van der Waals surface area contributed by atoms with Crippen molar-refractivity contribution in [2.45, 2.75) is 24.3 Å². The molecule has 1 aromatic carbocycles. The monoisotopic (exact) mass is 363 g/mol. The molecule has 0 saturated carbocycles. The molecule has 0 bridgehead atoms. The topological polar surface area (TPSA) is 62.3 Å². The molecule has 5 nitrogen and oxygen atoms in total. The average molecular weight is 363 g/mol. The van der Waals surface area contributed by atoms with Crippen molar-refractivity contribution in [2.24, 2.45) is 5.92 Å². The second-order valence-electron chi connectivity index (χ2n) is 6.35. The standard InChI is InChI=1S/C18H22FN3O2S/c19-16-4-3-6-18(12-16)25(23,24)21-13-15-7-10-22(11-8-15)14-17-5-1-2-9-20-17/h1-6,9,12,15,21H,7-8,10-11,13-14H2. The van der Waals surface area contributed by atoms with Crippen molar-refractivity contribution in [1.29, 1.82) is 0 Å². The number of halogens is 1. The maximum Gasteiger partial charge on any atom is 0.240 e. The van der Waals surface area contributed by atoms with E-state index in [0.29, 0.717) is 12.5 Å². The summed E-state index contributed by atoms with van der Waals surface area (Å²) in [6.45, 7) is 3.05. The van der Waals surface area contributed by atoms with Crippen molar-refractivity contribution in [1.82, 2.24) is 14.6 Å². The number of hydrogen-bond donors (Lipinski definition) is 1. The van der Waals surface area contributed by atoms with Crippen LogP contribution >= 0.6 is 0 Å². The summed E-state index contributed by atoms with van der Waals surface area (Å²) < 4.78 is 40.3. The van der Waals surface area contributed by atoms with Crippen molar-refractivity contribution in [3.8, 4) is 0 Å². The molecule has 2 heterocycles. The van der Waals surface area contributed by atoms with Crippen LogP contribution in [0.3, 0.4) is 0 Å². The van der Waals surface area contributed by atoms with E-state index in [9.17, 15) is 12.8 Å². The van der Waals surface area contributed by atoms with E-state index in [-0.39, 0.29) is 4.90 Å². The lowest BCUT2D eigenvalue weighted by Gasteiger charge is -2.31. The van der Waals surface area contributed by atoms with Gasteiger partial charge in [0.25, 0.3) is 0 Å². The number of likely N-dealkylation sites (tertiary alicyclic amines) is 1. The highest BCUT2D eigenvalue weighted by Crippen LogP contribution is 2.19. The lowest BCUT2D eigenvalue weighted by molar-refractivity contribution is 0.177. The number of rotatable bonds is 6. The Bertz CT molecular complexity index is 791. The first-order valence-electron chi connectivity index (χ1n) is 8.40. The number of hydrogen-bond acceptors (Lipinski definition) is 4. The molecule has 1 aliphatic rings. The Morgan fingerprint density at radius 3 is 2.64 bits per heavy atom. The molecule has 2 aromatic rings. The SMILES string of the molecule is O=S(=O)(NCC1CCN(Cc2ccccn2)CC1)c1cccc(F)c1. The zero-order chi connectivity index (χ0) is 17.7. The van der Waals surface area contributed by atoms with E-state index in [1.54, 1.807) is 6.20 Å². The van der Waals surface area contributed by atoms with Gasteiger partial charge < -0.3 is 0 Å². The van der Waals surface area contributed by atoms with E-state index in [1.807, 2.05) is 18.2 Å². The fourth-order valence-corrected chi connectivity index (χ4v) is 4.16. The highest BCUT2D eigenvalue weighted by Gasteiger charge is 2.22. The predicted molar refractivity (Wildman–Crippen MR) is 93.8 cm³/mol. The maximum absolute atomic E-state index is 13.2. The Hall–Kier alpha value is -1.83. The van der Waals surface area contributed by atoms with Gasteiger partial charge in [-0.2, -0.15) is 0 Å². The molecule has 0 radical (unpaired) electrons. The molecule has 1 aliphatic heterocycles. The Morgan fingerprint density at radius 1 is 1.16 bits per heavy atom. The number of piperidine rings is 1. The summed E-state index contributed by atoms with van der Waals surface area (Å²) >= 11 is 0. The summed E-state index contributed by atoms with van der Waals surface area (Å²) in [6, 6.07) is 11.0. The van der Waals surface area contributed by atoms with Gasteiger partial charge >= 0.3 is 0 Å². The molecule has 7 heteroatoms. The number of benzene rings is 1. The molecular weight excluding hydrogens is 341 g/mol. The fraction of sp³-hybridized carbons (Fsp3) is 0.389. The van der Waals surface area contributed by atoms with Crippen LogP contribution in [0.15, 0.2) is 53.6 Å². The van der Waals surface area contributed by atoms with Gasteiger partial charge in [0.15, 0.2) is 0 Å². The number of pyridine rings is 1. The quantitative estimate of drug-likeness (QED) is 0.856. The zero-order valence-corrected chi connectivity index (χ0v) is 14.8. The highest BCUT2D eigenvalue weighted by atomic mass is 32.2. The normalized spacial score (nSPS) is 16.8. The third kappa shape index (κ3) is 5.07. The van der Waals surface area contributed by atoms with E-state index >= 15 is 0 Å². The molecule has 0 unspecified atom stereocenters. The second kappa shape index (κ2) is 8.03. The minimum absolute atomic E-state index is 0.0277. The smallest absolute Gasteiger partial charge is 0.240 e. The van der Waals surface area contributed by atoms with Crippen LogP contribution in [0.2, 0.25) is 0 Å². The fourth-order valence-electron chi connectivity index (χ4n) is 3.01. The van der Waals surface area contributed by atoms with E-state index in [1.165, 1.54) is 18.2 Å². The molecule has 0 amide bonds. The van der Waals surface area contributed by atoms with E-state index < -0.39 is 15.8 Å². The van der Waals surface area contributed by atoms with Crippen LogP contribution in [-0.2, 0) is 16.6 Å². The van der Waals surface area contributed by atoms with Gasteiger partial charge in [-0.1, -0.05) is 12.1 Å². The van der Waals surface area contributed by atoms with Crippen molar-refractivity contribution >= 4 is 10.0 Å². The molecule has 1 N–H and O–H groups in total. The van der Waals surface area contributed by atoms with Gasteiger partial charge in [0.2, 0.25) is 10.0 Å². The lowest BCUT2D eigenvalue weighted by atomic mass is 9.97. The first-order valence-corrected chi connectivity index (χ1v) is 9.89. The number of nitrogens with zero attached hydrogens (tertiary/aromatic N) is 2. The van der Waals surface area contributed by atoms with Gasteiger partial charge in [0.1, 0.15) is 5.82 Å². The minimum Gasteiger partial charge on any atom is -0.297 e. The zero-order valence-electron chi connectivity index (χ0n) is 13.9. The van der Waals surface area contributed by atoms with Crippen LogP contribution in [0.4, 0.5) is 4.39 Å². The third-order valence-corrected chi connectivity index (χ3v) is 5.91. The van der Waals surface area contributed by atoms with Crippen LogP contribution in [0.5, 0.6) is 0 Å². The molecule has 134 valence electrons. The van der Waals surface area contributed by atoms with Gasteiger partial charge in [-0.15, -0.1) is 0 Å². The summed E-state index contributed by atoms with van der Waals surface area (Å²) in [5.74, 6) is -0.256. The Kier molecular flexibility index (Phi) is 5.78. The second-order valence-corrected chi connectivity index (χ2v) is 8.12. The van der Waals surface area contributed by atoms with Crippen LogP contribution in [-0.4, -0.2) is 37.9 Å². The van der Waals surface area contributed by atoms with Crippen LogP contribution in [0, 0.1) is 11.7 Å². The average Bonchev–Trinajstić information content (AvgIpc) is 2.62. The highest BCUT2D eigenvalue weighted by molar-refractivity contribution is 7.89. The molecule has 25 heavy (non-hydrogen) atoms. The predicted octanol–water partition coefficient (Wildman–Crippen LogP) is 2.41. The van der Waals surface area contributed by atoms with E-state index in [0.717, 1.165) is 44.2 Å². The Balaban J connectivity index is 1.48. The Labute approximate surface area is 147 Å². The minimum atomic E-state index is -3.66. The molecule has 0 aliphatic carbocycles. The summed E-state index contributed by atoms with van der Waals surface area (Å²) in [4.78, 5) is 6.64. The molecule has 0 atom stereocenters. The number of aromatic nitrogens is 1. The number of sulfonamides is 1. The van der Waals surface area contributed by atoms with Crippen molar-refractivity contribution in [3.63, 3.8) is 0 Å². The lowest BCUT2D eigenvalue weighted by Crippen LogP contribution is -2.38. The van der Waals surface area contributed by atoms with Crippen LogP contribution in [0.1, 0.15) is 18.5 Å². The summed E-state index contributed by atoms with van der Waals surface area (Å²) in [5, 5.41) is 0. The summed E-state index contributed by atoms with van der Waals surface area (Å²) in [7, 11) is -3.66. The summed E-state index contributed by atoms with van der Waals surface area (Å²) in [6.07, 6.45) is 3.65.